The van der Waals surface area contributed by atoms with Gasteiger partial charge in [-0.3, -0.25) is 4.79 Å². The number of esters is 1. The summed E-state index contributed by atoms with van der Waals surface area (Å²) in [7, 11) is 1.27. The van der Waals surface area contributed by atoms with Gasteiger partial charge in [-0.25, -0.2) is 14.3 Å². The Bertz CT molecular complexity index is 486. The average molecular weight is 285 g/mol. The highest BCUT2D eigenvalue weighted by Gasteiger charge is 2.08. The number of carbonyl (C=O) groups is 3. The van der Waals surface area contributed by atoms with E-state index in [1.54, 1.807) is 0 Å². The van der Waals surface area contributed by atoms with Gasteiger partial charge in [-0.2, -0.15) is 0 Å². The quantitative estimate of drug-likeness (QED) is 0.537. The Morgan fingerprint density at radius 3 is 2.65 bits per heavy atom. The number of carbonyl (C=O) groups excluding carboxylic acids is 2. The van der Waals surface area contributed by atoms with Crippen LogP contribution in [0.1, 0.15) is 16.9 Å². The van der Waals surface area contributed by atoms with Crippen molar-refractivity contribution < 1.29 is 24.2 Å². The highest BCUT2D eigenvalue weighted by Crippen LogP contribution is 1.91. The molecule has 0 unspecified atom stereocenters. The molecule has 10 heteroatoms. The maximum atomic E-state index is 11.3. The van der Waals surface area contributed by atoms with Crippen LogP contribution in [-0.4, -0.2) is 58.3 Å². The van der Waals surface area contributed by atoms with Gasteiger partial charge >= 0.3 is 18.0 Å². The van der Waals surface area contributed by atoms with Crippen molar-refractivity contribution in [2.24, 2.45) is 0 Å². The van der Waals surface area contributed by atoms with Crippen LogP contribution in [0, 0.1) is 0 Å². The van der Waals surface area contributed by atoms with Crippen LogP contribution in [0.15, 0.2) is 6.20 Å². The molecule has 0 saturated carbocycles. The molecule has 10 nitrogen and oxygen atoms in total. The highest BCUT2D eigenvalue weighted by atomic mass is 16.5. The molecular weight excluding hydrogens is 270 g/mol. The molecule has 0 aromatic carbocycles. The van der Waals surface area contributed by atoms with Gasteiger partial charge < -0.3 is 20.5 Å². The van der Waals surface area contributed by atoms with Crippen LogP contribution in [0.2, 0.25) is 0 Å². The van der Waals surface area contributed by atoms with E-state index in [-0.39, 0.29) is 31.7 Å². The first kappa shape index (κ1) is 15.4. The second-order valence-corrected chi connectivity index (χ2v) is 3.68. The maximum absolute atomic E-state index is 11.3. The largest absolute Gasteiger partial charge is 0.476 e. The zero-order valence-electron chi connectivity index (χ0n) is 10.8. The van der Waals surface area contributed by atoms with Crippen LogP contribution in [0.25, 0.3) is 0 Å². The van der Waals surface area contributed by atoms with E-state index in [1.807, 2.05) is 0 Å². The molecule has 0 radical (unpaired) electrons. The Labute approximate surface area is 114 Å². The number of nitrogens with one attached hydrogen (secondary N) is 2. The van der Waals surface area contributed by atoms with Crippen molar-refractivity contribution in [1.29, 1.82) is 0 Å². The van der Waals surface area contributed by atoms with Crippen molar-refractivity contribution >= 4 is 18.0 Å². The van der Waals surface area contributed by atoms with Crippen LogP contribution >= 0.6 is 0 Å². The zero-order valence-corrected chi connectivity index (χ0v) is 10.8. The third-order valence-corrected chi connectivity index (χ3v) is 2.23. The number of amides is 2. The Morgan fingerprint density at radius 1 is 1.35 bits per heavy atom. The van der Waals surface area contributed by atoms with Crippen LogP contribution in [0.4, 0.5) is 4.79 Å². The Morgan fingerprint density at radius 2 is 2.05 bits per heavy atom. The smallest absolute Gasteiger partial charge is 0.358 e. The van der Waals surface area contributed by atoms with Crippen molar-refractivity contribution in [3.05, 3.63) is 11.9 Å². The molecule has 3 N–H and O–H groups in total. The molecule has 0 aliphatic heterocycles. The highest BCUT2D eigenvalue weighted by molar-refractivity contribution is 5.84. The van der Waals surface area contributed by atoms with Gasteiger partial charge in [0.05, 0.1) is 26.3 Å². The first-order valence-electron chi connectivity index (χ1n) is 5.75. The first-order valence-corrected chi connectivity index (χ1v) is 5.75. The molecule has 1 heterocycles. The topological polar surface area (TPSA) is 135 Å². The standard InChI is InChI=1S/C10H15N5O5/c1-20-8(16)2-3-11-10(19)12-4-5-15-6-7(9(17)18)13-14-15/h6H,2-5H2,1H3,(H,17,18)(H2,11,12,19). The van der Waals surface area contributed by atoms with Gasteiger partial charge in [0.15, 0.2) is 5.69 Å². The minimum Gasteiger partial charge on any atom is -0.476 e. The molecule has 0 fully saturated rings. The van der Waals surface area contributed by atoms with Gasteiger partial charge in [0.1, 0.15) is 0 Å². The Balaban J connectivity index is 2.18. The number of aromatic carboxylic acids is 1. The van der Waals surface area contributed by atoms with E-state index < -0.39 is 18.0 Å². The lowest BCUT2D eigenvalue weighted by molar-refractivity contribution is -0.140. The number of hydrogen-bond acceptors (Lipinski definition) is 6. The summed E-state index contributed by atoms with van der Waals surface area (Å²) in [4.78, 5) is 32.7. The zero-order chi connectivity index (χ0) is 15.0. The monoisotopic (exact) mass is 285 g/mol. The summed E-state index contributed by atoms with van der Waals surface area (Å²) in [6, 6.07) is -0.438. The third kappa shape index (κ3) is 5.33. The van der Waals surface area contributed by atoms with Crippen molar-refractivity contribution in [3.63, 3.8) is 0 Å². The van der Waals surface area contributed by atoms with E-state index in [9.17, 15) is 14.4 Å². The maximum Gasteiger partial charge on any atom is 0.358 e. The number of nitrogens with zero attached hydrogens (tertiary/aromatic N) is 3. The summed E-state index contributed by atoms with van der Waals surface area (Å²) in [6.07, 6.45) is 1.36. The SMILES string of the molecule is COC(=O)CCNC(=O)NCCn1cc(C(=O)O)nn1. The lowest BCUT2D eigenvalue weighted by Gasteiger charge is -2.06. The summed E-state index contributed by atoms with van der Waals surface area (Å²) in [5.41, 5.74) is -0.160. The number of hydrogen-bond donors (Lipinski definition) is 3. The van der Waals surface area contributed by atoms with Gasteiger partial charge in [0, 0.05) is 13.1 Å². The molecule has 0 spiro atoms. The molecule has 20 heavy (non-hydrogen) atoms. The van der Waals surface area contributed by atoms with Crippen molar-refractivity contribution in [2.45, 2.75) is 13.0 Å². The van der Waals surface area contributed by atoms with Crippen molar-refractivity contribution in [1.82, 2.24) is 25.6 Å². The van der Waals surface area contributed by atoms with Crippen LogP contribution in [0.3, 0.4) is 0 Å². The van der Waals surface area contributed by atoms with E-state index in [0.717, 1.165) is 0 Å². The number of urea groups is 1. The number of rotatable bonds is 7. The van der Waals surface area contributed by atoms with E-state index in [4.69, 9.17) is 5.11 Å². The number of carboxylic acids is 1. The van der Waals surface area contributed by atoms with Crippen LogP contribution in [-0.2, 0) is 16.1 Å². The van der Waals surface area contributed by atoms with Crippen molar-refractivity contribution in [2.75, 3.05) is 20.2 Å². The summed E-state index contributed by atoms with van der Waals surface area (Å²) in [6.45, 7) is 0.697. The molecular formula is C10H15N5O5. The average Bonchev–Trinajstić information content (AvgIpc) is 2.87. The van der Waals surface area contributed by atoms with Gasteiger partial charge in [-0.15, -0.1) is 5.10 Å². The summed E-state index contributed by atoms with van der Waals surface area (Å²) in [5.74, 6) is -1.57. The Kier molecular flexibility index (Phi) is 5.94. The summed E-state index contributed by atoms with van der Waals surface area (Å²) < 4.78 is 5.72. The molecule has 1 rings (SSSR count). The molecule has 0 aliphatic rings. The van der Waals surface area contributed by atoms with Gasteiger partial charge in [-0.1, -0.05) is 5.21 Å². The lowest BCUT2D eigenvalue weighted by Crippen LogP contribution is -2.38. The molecule has 1 aromatic heterocycles. The lowest BCUT2D eigenvalue weighted by atomic mass is 10.4. The van der Waals surface area contributed by atoms with Crippen LogP contribution in [0.5, 0.6) is 0 Å². The fraction of sp³-hybridized carbons (Fsp3) is 0.500. The fourth-order valence-electron chi connectivity index (χ4n) is 1.23. The van der Waals surface area contributed by atoms with Crippen molar-refractivity contribution in [3.8, 4) is 0 Å². The number of aromatic nitrogens is 3. The second-order valence-electron chi connectivity index (χ2n) is 3.68. The molecule has 2 amide bonds. The first-order chi connectivity index (χ1) is 9.52. The number of carboxylic acid groups (broad SMARTS) is 1. The molecule has 110 valence electrons. The Hall–Kier alpha value is -2.65. The van der Waals surface area contributed by atoms with E-state index in [1.165, 1.54) is 18.0 Å². The second kappa shape index (κ2) is 7.71. The molecule has 1 aromatic rings. The van der Waals surface area contributed by atoms with Gasteiger partial charge in [0.25, 0.3) is 0 Å². The molecule has 0 atom stereocenters. The van der Waals surface area contributed by atoms with Gasteiger partial charge in [-0.05, 0) is 0 Å². The van der Waals surface area contributed by atoms with Crippen LogP contribution < -0.4 is 10.6 Å². The minimum absolute atomic E-state index is 0.0922. The fourth-order valence-corrected chi connectivity index (χ4v) is 1.23. The third-order valence-electron chi connectivity index (χ3n) is 2.23. The predicted octanol–water partition coefficient (Wildman–Crippen LogP) is -1.16. The normalized spacial score (nSPS) is 9.85. The molecule has 0 saturated heterocycles. The summed E-state index contributed by atoms with van der Waals surface area (Å²) in [5, 5.41) is 20.6. The van der Waals surface area contributed by atoms with Gasteiger partial charge in [0.2, 0.25) is 0 Å². The van der Waals surface area contributed by atoms with E-state index >= 15 is 0 Å². The number of ether oxygens (including phenoxy) is 1. The number of methoxy groups -OCH3 is 1. The van der Waals surface area contributed by atoms with E-state index in [2.05, 4.69) is 25.7 Å². The minimum atomic E-state index is -1.16. The van der Waals surface area contributed by atoms with E-state index in [0.29, 0.717) is 0 Å². The summed E-state index contributed by atoms with van der Waals surface area (Å²) >= 11 is 0. The molecule has 0 aliphatic carbocycles. The molecule has 0 bridgehead atoms. The predicted molar refractivity (Wildman–Crippen MR) is 65.0 cm³/mol.